The molecule has 1 amide bonds. The molecule has 1 aliphatic heterocycles. The van der Waals surface area contributed by atoms with Gasteiger partial charge in [0.25, 0.3) is 5.56 Å². The summed E-state index contributed by atoms with van der Waals surface area (Å²) in [7, 11) is 0. The molecule has 0 aliphatic carbocycles. The van der Waals surface area contributed by atoms with Gasteiger partial charge in [-0.3, -0.25) is 14.5 Å². The second-order valence-electron chi connectivity index (χ2n) is 8.26. The van der Waals surface area contributed by atoms with Crippen molar-refractivity contribution < 1.29 is 4.79 Å². The molecule has 2 heterocycles. The third-order valence-electron chi connectivity index (χ3n) is 4.95. The fourth-order valence-electron chi connectivity index (χ4n) is 3.32. The molecule has 0 radical (unpaired) electrons. The van der Waals surface area contributed by atoms with E-state index in [4.69, 9.17) is 11.6 Å². The first-order valence-corrected chi connectivity index (χ1v) is 10.2. The number of nitrogens with one attached hydrogen (secondary N) is 1. The molecule has 1 saturated heterocycles. The fourth-order valence-corrected chi connectivity index (χ4v) is 3.57. The lowest BCUT2D eigenvalue weighted by Crippen LogP contribution is -2.50. The predicted molar refractivity (Wildman–Crippen MR) is 115 cm³/mol. The van der Waals surface area contributed by atoms with E-state index in [1.807, 2.05) is 51.1 Å². The maximum Gasteiger partial charge on any atom is 0.288 e. The number of aromatic nitrogens is 2. The third-order valence-corrected chi connectivity index (χ3v) is 5.30. The number of benzene rings is 1. The highest BCUT2D eigenvalue weighted by Crippen LogP contribution is 2.23. The maximum absolute atomic E-state index is 12.6. The van der Waals surface area contributed by atoms with Gasteiger partial charge in [-0.15, -0.1) is 0 Å². The van der Waals surface area contributed by atoms with E-state index in [0.29, 0.717) is 31.9 Å². The zero-order chi connectivity index (χ0) is 21.0. The summed E-state index contributed by atoms with van der Waals surface area (Å²) in [6.45, 7) is 9.45. The van der Waals surface area contributed by atoms with Crippen molar-refractivity contribution in [2.45, 2.75) is 32.9 Å². The molecular weight excluding hydrogens is 390 g/mol. The lowest BCUT2D eigenvalue weighted by atomic mass is 10.1. The van der Waals surface area contributed by atoms with Gasteiger partial charge < -0.3 is 10.2 Å². The number of hydrogen-bond donors (Lipinski definition) is 1. The first kappa shape index (κ1) is 21.3. The lowest BCUT2D eigenvalue weighted by Gasteiger charge is -2.36. The van der Waals surface area contributed by atoms with Crippen LogP contribution in [-0.2, 0) is 16.9 Å². The Morgan fingerprint density at radius 3 is 2.41 bits per heavy atom. The van der Waals surface area contributed by atoms with E-state index in [1.165, 1.54) is 4.68 Å². The standard InChI is InChI=1S/C21H28ClN5O2/c1-21(2,3)27-20(29)19(22)17(14-24-27)26-11-9-25(10-12-26)15-18(28)23-13-16-7-5-4-6-8-16/h4-8,14H,9-13,15H2,1-3H3,(H,23,28). The van der Waals surface area contributed by atoms with E-state index in [0.717, 1.165) is 18.7 Å². The van der Waals surface area contributed by atoms with Crippen LogP contribution < -0.4 is 15.8 Å². The van der Waals surface area contributed by atoms with Crippen LogP contribution in [0.15, 0.2) is 41.3 Å². The van der Waals surface area contributed by atoms with Crippen LogP contribution >= 0.6 is 11.6 Å². The number of hydrogen-bond acceptors (Lipinski definition) is 5. The Hall–Kier alpha value is -2.38. The Balaban J connectivity index is 1.53. The SMILES string of the molecule is CC(C)(C)n1ncc(N2CCN(CC(=O)NCc3ccccc3)CC2)c(Cl)c1=O. The van der Waals surface area contributed by atoms with Gasteiger partial charge >= 0.3 is 0 Å². The average Bonchev–Trinajstić information content (AvgIpc) is 2.69. The highest BCUT2D eigenvalue weighted by molar-refractivity contribution is 6.33. The van der Waals surface area contributed by atoms with Crippen LogP contribution in [0, 0.1) is 0 Å². The Labute approximate surface area is 176 Å². The average molecular weight is 418 g/mol. The van der Waals surface area contributed by atoms with Crippen molar-refractivity contribution in [3.63, 3.8) is 0 Å². The number of anilines is 1. The van der Waals surface area contributed by atoms with Crippen molar-refractivity contribution in [3.05, 3.63) is 57.5 Å². The molecule has 29 heavy (non-hydrogen) atoms. The number of nitrogens with zero attached hydrogens (tertiary/aromatic N) is 4. The van der Waals surface area contributed by atoms with Gasteiger partial charge in [0.05, 0.1) is 24.0 Å². The first-order chi connectivity index (χ1) is 13.8. The molecule has 0 saturated carbocycles. The summed E-state index contributed by atoms with van der Waals surface area (Å²) < 4.78 is 1.41. The number of carbonyl (C=O) groups excluding carboxylic acids is 1. The van der Waals surface area contributed by atoms with E-state index in [-0.39, 0.29) is 16.5 Å². The van der Waals surface area contributed by atoms with Crippen LogP contribution in [0.1, 0.15) is 26.3 Å². The second-order valence-corrected chi connectivity index (χ2v) is 8.64. The normalized spacial score (nSPS) is 15.4. The highest BCUT2D eigenvalue weighted by atomic mass is 35.5. The summed E-state index contributed by atoms with van der Waals surface area (Å²) in [5, 5.41) is 7.46. The smallest absolute Gasteiger partial charge is 0.288 e. The van der Waals surface area contributed by atoms with E-state index >= 15 is 0 Å². The fraction of sp³-hybridized carbons (Fsp3) is 0.476. The van der Waals surface area contributed by atoms with Crippen LogP contribution in [0.2, 0.25) is 5.02 Å². The van der Waals surface area contributed by atoms with Gasteiger partial charge in [-0.05, 0) is 26.3 Å². The number of halogens is 1. The molecule has 1 N–H and O–H groups in total. The minimum absolute atomic E-state index is 0.00905. The topological polar surface area (TPSA) is 70.5 Å². The molecule has 8 heteroatoms. The number of piperazine rings is 1. The van der Waals surface area contributed by atoms with Crippen molar-refractivity contribution >= 4 is 23.2 Å². The van der Waals surface area contributed by atoms with Gasteiger partial charge in [-0.25, -0.2) is 4.68 Å². The van der Waals surface area contributed by atoms with Crippen molar-refractivity contribution in [1.82, 2.24) is 20.0 Å². The van der Waals surface area contributed by atoms with Gasteiger partial charge in [-0.2, -0.15) is 5.10 Å². The van der Waals surface area contributed by atoms with Gasteiger partial charge in [0.2, 0.25) is 5.91 Å². The van der Waals surface area contributed by atoms with Crippen LogP contribution in [0.3, 0.4) is 0 Å². The minimum Gasteiger partial charge on any atom is -0.366 e. The molecule has 156 valence electrons. The van der Waals surface area contributed by atoms with Gasteiger partial charge in [0, 0.05) is 32.7 Å². The molecule has 1 aromatic heterocycles. The number of rotatable bonds is 5. The summed E-state index contributed by atoms with van der Waals surface area (Å²) >= 11 is 6.37. The molecule has 2 aromatic rings. The Kier molecular flexibility index (Phi) is 6.59. The van der Waals surface area contributed by atoms with Crippen molar-refractivity contribution in [2.75, 3.05) is 37.6 Å². The molecular formula is C21H28ClN5O2. The van der Waals surface area contributed by atoms with Crippen LogP contribution in [0.4, 0.5) is 5.69 Å². The third kappa shape index (κ3) is 5.36. The Morgan fingerprint density at radius 2 is 1.79 bits per heavy atom. The summed E-state index contributed by atoms with van der Waals surface area (Å²) in [4.78, 5) is 28.9. The zero-order valence-corrected chi connectivity index (χ0v) is 17.9. The molecule has 1 aliphatic rings. The minimum atomic E-state index is -0.426. The highest BCUT2D eigenvalue weighted by Gasteiger charge is 2.24. The molecule has 1 aromatic carbocycles. The van der Waals surface area contributed by atoms with Gasteiger partial charge in [-0.1, -0.05) is 41.9 Å². The van der Waals surface area contributed by atoms with Crippen LogP contribution in [0.25, 0.3) is 0 Å². The molecule has 0 atom stereocenters. The van der Waals surface area contributed by atoms with Crippen molar-refractivity contribution in [2.24, 2.45) is 0 Å². The molecule has 3 rings (SSSR count). The molecule has 1 fully saturated rings. The quantitative estimate of drug-likeness (QED) is 0.806. The van der Waals surface area contributed by atoms with E-state index < -0.39 is 5.54 Å². The van der Waals surface area contributed by atoms with Crippen molar-refractivity contribution in [1.29, 1.82) is 0 Å². The van der Waals surface area contributed by atoms with Crippen LogP contribution in [0.5, 0.6) is 0 Å². The molecule has 7 nitrogen and oxygen atoms in total. The zero-order valence-electron chi connectivity index (χ0n) is 17.2. The van der Waals surface area contributed by atoms with Crippen LogP contribution in [-0.4, -0.2) is 53.3 Å². The number of amides is 1. The Morgan fingerprint density at radius 1 is 1.14 bits per heavy atom. The Bertz CT molecular complexity index is 900. The largest absolute Gasteiger partial charge is 0.366 e. The first-order valence-electron chi connectivity index (χ1n) is 9.82. The second kappa shape index (κ2) is 8.97. The molecule has 0 unspecified atom stereocenters. The summed E-state index contributed by atoms with van der Waals surface area (Å²) in [6, 6.07) is 9.85. The van der Waals surface area contributed by atoms with Gasteiger partial charge in [0.1, 0.15) is 5.02 Å². The van der Waals surface area contributed by atoms with Crippen molar-refractivity contribution in [3.8, 4) is 0 Å². The summed E-state index contributed by atoms with van der Waals surface area (Å²) in [5.41, 5.74) is 1.04. The number of carbonyl (C=O) groups is 1. The van der Waals surface area contributed by atoms with Gasteiger partial charge in [0.15, 0.2) is 0 Å². The monoisotopic (exact) mass is 417 g/mol. The summed E-state index contributed by atoms with van der Waals surface area (Å²) in [5.74, 6) is 0.00905. The maximum atomic E-state index is 12.6. The molecule has 0 bridgehead atoms. The predicted octanol–water partition coefficient (Wildman–Crippen LogP) is 2.09. The van der Waals surface area contributed by atoms with E-state index in [1.54, 1.807) is 6.20 Å². The molecule has 0 spiro atoms. The lowest BCUT2D eigenvalue weighted by molar-refractivity contribution is -0.122. The van der Waals surface area contributed by atoms with E-state index in [2.05, 4.69) is 20.2 Å². The van der Waals surface area contributed by atoms with E-state index in [9.17, 15) is 9.59 Å². The summed E-state index contributed by atoms with van der Waals surface area (Å²) in [6.07, 6.45) is 1.66.